The third kappa shape index (κ3) is 4.33. The van der Waals surface area contributed by atoms with Crippen molar-refractivity contribution in [1.82, 2.24) is 0 Å². The van der Waals surface area contributed by atoms with Gasteiger partial charge in [0.1, 0.15) is 10.1 Å². The van der Waals surface area contributed by atoms with E-state index in [1.54, 1.807) is 11.4 Å². The smallest absolute Gasteiger partial charge is 0.350 e. The molecule has 0 saturated heterocycles. The van der Waals surface area contributed by atoms with E-state index >= 15 is 0 Å². The van der Waals surface area contributed by atoms with Crippen LogP contribution in [0.15, 0.2) is 77.0 Å². The molecule has 4 nitrogen and oxygen atoms in total. The molecule has 1 atom stereocenters. The molecule has 3 aromatic rings. The quantitative estimate of drug-likeness (QED) is 0.480. The maximum atomic E-state index is 13.0. The molecule has 2 aromatic carbocycles. The molecule has 0 radical (unpaired) electrons. The van der Waals surface area contributed by atoms with Gasteiger partial charge in [-0.2, -0.15) is 0 Å². The van der Waals surface area contributed by atoms with Crippen LogP contribution < -0.4 is 5.32 Å². The summed E-state index contributed by atoms with van der Waals surface area (Å²) in [6, 6.07) is 21.1. The van der Waals surface area contributed by atoms with Gasteiger partial charge >= 0.3 is 5.97 Å². The van der Waals surface area contributed by atoms with Gasteiger partial charge in [0.05, 0.1) is 12.8 Å². The molecule has 1 heterocycles. The number of hydrogen-bond donors (Lipinski definition) is 1. The van der Waals surface area contributed by atoms with E-state index in [0.29, 0.717) is 10.6 Å². The van der Waals surface area contributed by atoms with Crippen LogP contribution in [0.5, 0.6) is 0 Å². The molecule has 26 heavy (non-hydrogen) atoms. The summed E-state index contributed by atoms with van der Waals surface area (Å²) in [6.45, 7) is 0. The average Bonchev–Trinajstić information content (AvgIpc) is 3.15. The first-order chi connectivity index (χ1) is 12.7. The minimum atomic E-state index is -0.456. The van der Waals surface area contributed by atoms with Crippen LogP contribution in [0.3, 0.4) is 0 Å². The van der Waals surface area contributed by atoms with Gasteiger partial charge in [-0.1, -0.05) is 48.5 Å². The summed E-state index contributed by atoms with van der Waals surface area (Å²) < 4.78 is 4.77. The highest BCUT2D eigenvalue weighted by atomic mass is 32.2. The van der Waals surface area contributed by atoms with Crippen LogP contribution in [0.25, 0.3) is 0 Å². The average molecular weight is 383 g/mol. The second-order valence-electron chi connectivity index (χ2n) is 5.37. The van der Waals surface area contributed by atoms with Crippen LogP contribution in [0.4, 0.5) is 5.69 Å². The number of rotatable bonds is 6. The molecule has 0 aliphatic heterocycles. The van der Waals surface area contributed by atoms with Gasteiger partial charge in [-0.05, 0) is 29.1 Å². The Morgan fingerprint density at radius 1 is 1.00 bits per heavy atom. The number of benzene rings is 2. The standard InChI is InChI=1S/C20H17NO3S2/c1-24-20(23)18-16(12-13-25-18)21-19(22)17(14-8-4-2-5-9-14)26-15-10-6-3-7-11-15/h2-13,17H,1H3,(H,21,22)/t17-/m0/s1. The topological polar surface area (TPSA) is 55.4 Å². The van der Waals surface area contributed by atoms with E-state index in [4.69, 9.17) is 4.74 Å². The van der Waals surface area contributed by atoms with Crippen LogP contribution in [0.2, 0.25) is 0 Å². The van der Waals surface area contributed by atoms with Gasteiger partial charge in [0, 0.05) is 4.90 Å². The maximum absolute atomic E-state index is 13.0. The maximum Gasteiger partial charge on any atom is 0.350 e. The van der Waals surface area contributed by atoms with E-state index in [1.807, 2.05) is 60.7 Å². The summed E-state index contributed by atoms with van der Waals surface area (Å²) in [5.41, 5.74) is 1.37. The molecule has 0 spiro atoms. The van der Waals surface area contributed by atoms with Crippen molar-refractivity contribution in [2.45, 2.75) is 10.1 Å². The predicted octanol–water partition coefficient (Wildman–Crippen LogP) is 5.01. The Balaban J connectivity index is 1.86. The van der Waals surface area contributed by atoms with Crippen molar-refractivity contribution in [1.29, 1.82) is 0 Å². The fourth-order valence-electron chi connectivity index (χ4n) is 2.39. The summed E-state index contributed by atoms with van der Waals surface area (Å²) >= 11 is 2.71. The lowest BCUT2D eigenvalue weighted by molar-refractivity contribution is -0.115. The predicted molar refractivity (Wildman–Crippen MR) is 106 cm³/mol. The molecule has 132 valence electrons. The number of amides is 1. The number of thiophene rings is 1. The van der Waals surface area contributed by atoms with Gasteiger partial charge in [0.25, 0.3) is 0 Å². The Kier molecular flexibility index (Phi) is 6.09. The molecule has 0 fully saturated rings. The van der Waals surface area contributed by atoms with Crippen LogP contribution >= 0.6 is 23.1 Å². The molecular formula is C20H17NO3S2. The minimum Gasteiger partial charge on any atom is -0.465 e. The van der Waals surface area contributed by atoms with Crippen molar-refractivity contribution in [3.05, 3.63) is 82.6 Å². The second kappa shape index (κ2) is 8.69. The first-order valence-corrected chi connectivity index (χ1v) is 9.68. The Morgan fingerprint density at radius 3 is 2.31 bits per heavy atom. The van der Waals surface area contributed by atoms with Gasteiger partial charge in [0.15, 0.2) is 0 Å². The van der Waals surface area contributed by atoms with Crippen molar-refractivity contribution in [2.24, 2.45) is 0 Å². The number of carbonyl (C=O) groups is 2. The number of methoxy groups -OCH3 is 1. The lowest BCUT2D eigenvalue weighted by Crippen LogP contribution is -2.20. The number of anilines is 1. The van der Waals surface area contributed by atoms with Crippen molar-refractivity contribution in [3.63, 3.8) is 0 Å². The molecule has 0 unspecified atom stereocenters. The monoisotopic (exact) mass is 383 g/mol. The molecule has 0 bridgehead atoms. The van der Waals surface area contributed by atoms with Crippen LogP contribution in [0, 0.1) is 0 Å². The van der Waals surface area contributed by atoms with Crippen LogP contribution in [0.1, 0.15) is 20.5 Å². The first kappa shape index (κ1) is 18.2. The molecule has 0 aliphatic carbocycles. The third-order valence-electron chi connectivity index (χ3n) is 3.63. The Labute approximate surface area is 160 Å². The van der Waals surface area contributed by atoms with Gasteiger partial charge in [-0.15, -0.1) is 23.1 Å². The number of carbonyl (C=O) groups excluding carboxylic acids is 2. The van der Waals surface area contributed by atoms with Crippen LogP contribution in [-0.2, 0) is 9.53 Å². The van der Waals surface area contributed by atoms with Gasteiger partial charge in [-0.3, -0.25) is 4.79 Å². The molecule has 0 saturated carbocycles. The number of esters is 1. The number of hydrogen-bond acceptors (Lipinski definition) is 5. The summed E-state index contributed by atoms with van der Waals surface area (Å²) in [7, 11) is 1.33. The first-order valence-electron chi connectivity index (χ1n) is 7.92. The molecule has 1 aromatic heterocycles. The normalized spacial score (nSPS) is 11.6. The SMILES string of the molecule is COC(=O)c1sccc1NC(=O)[C@@H](Sc1ccccc1)c1ccccc1. The van der Waals surface area contributed by atoms with Gasteiger partial charge in [-0.25, -0.2) is 4.79 Å². The van der Waals surface area contributed by atoms with E-state index < -0.39 is 11.2 Å². The molecule has 1 amide bonds. The highest BCUT2D eigenvalue weighted by molar-refractivity contribution is 8.00. The van der Waals surface area contributed by atoms with Crippen molar-refractivity contribution in [2.75, 3.05) is 12.4 Å². The molecule has 1 N–H and O–H groups in total. The van der Waals surface area contributed by atoms with E-state index in [9.17, 15) is 9.59 Å². The third-order valence-corrected chi connectivity index (χ3v) is 5.79. The minimum absolute atomic E-state index is 0.186. The Hall–Kier alpha value is -2.57. The Morgan fingerprint density at radius 2 is 1.65 bits per heavy atom. The largest absolute Gasteiger partial charge is 0.465 e. The summed E-state index contributed by atoms with van der Waals surface area (Å²) in [5.74, 6) is -0.643. The number of thioether (sulfide) groups is 1. The highest BCUT2D eigenvalue weighted by Gasteiger charge is 2.24. The summed E-state index contributed by atoms with van der Waals surface area (Å²) in [4.78, 5) is 26.2. The van der Waals surface area contributed by atoms with Crippen molar-refractivity contribution >= 4 is 40.7 Å². The van der Waals surface area contributed by atoms with Crippen molar-refractivity contribution < 1.29 is 14.3 Å². The van der Waals surface area contributed by atoms with Gasteiger partial charge in [0.2, 0.25) is 5.91 Å². The van der Waals surface area contributed by atoms with Crippen LogP contribution in [-0.4, -0.2) is 19.0 Å². The second-order valence-corrected chi connectivity index (χ2v) is 7.46. The fourth-order valence-corrected chi connectivity index (χ4v) is 4.20. The Bertz CT molecular complexity index is 878. The molecule has 0 aliphatic rings. The lowest BCUT2D eigenvalue weighted by atomic mass is 10.1. The fraction of sp³-hybridized carbons (Fsp3) is 0.100. The summed E-state index contributed by atoms with van der Waals surface area (Å²) in [5, 5.41) is 4.19. The zero-order chi connectivity index (χ0) is 18.4. The summed E-state index contributed by atoms with van der Waals surface area (Å²) in [6.07, 6.45) is 0. The van der Waals surface area contributed by atoms with E-state index in [1.165, 1.54) is 30.2 Å². The number of nitrogens with one attached hydrogen (secondary N) is 1. The van der Waals surface area contributed by atoms with E-state index in [0.717, 1.165) is 10.5 Å². The highest BCUT2D eigenvalue weighted by Crippen LogP contribution is 2.36. The van der Waals surface area contributed by atoms with E-state index in [2.05, 4.69) is 5.32 Å². The zero-order valence-electron chi connectivity index (χ0n) is 14.0. The van der Waals surface area contributed by atoms with Crippen molar-refractivity contribution in [3.8, 4) is 0 Å². The van der Waals surface area contributed by atoms with Gasteiger partial charge < -0.3 is 10.1 Å². The zero-order valence-corrected chi connectivity index (χ0v) is 15.7. The molecule has 3 rings (SSSR count). The molecule has 6 heteroatoms. The van der Waals surface area contributed by atoms with E-state index in [-0.39, 0.29) is 5.91 Å². The lowest BCUT2D eigenvalue weighted by Gasteiger charge is -2.17. The molecular weight excluding hydrogens is 366 g/mol. The number of ether oxygens (including phenoxy) is 1.